The number of hydrogen-bond acceptors (Lipinski definition) is 5. The van der Waals surface area contributed by atoms with Crippen LogP contribution in [0.5, 0.6) is 0 Å². The molecule has 2 aliphatic heterocycles. The molecule has 0 spiro atoms. The maximum absolute atomic E-state index is 12.4. The van der Waals surface area contributed by atoms with Crippen molar-refractivity contribution in [3.05, 3.63) is 0 Å². The minimum absolute atomic E-state index is 0.00919. The van der Waals surface area contributed by atoms with Crippen LogP contribution in [0, 0.1) is 11.8 Å². The lowest BCUT2D eigenvalue weighted by molar-refractivity contribution is 0.120. The molecule has 0 bridgehead atoms. The number of carbonyl (C=O) groups is 1. The number of urea groups is 1. The van der Waals surface area contributed by atoms with E-state index in [9.17, 15) is 21.6 Å². The van der Waals surface area contributed by atoms with Gasteiger partial charge in [0.2, 0.25) is 0 Å². The van der Waals surface area contributed by atoms with Gasteiger partial charge in [-0.2, -0.15) is 0 Å². The molecule has 128 valence electrons. The molecule has 0 aromatic carbocycles. The first kappa shape index (κ1) is 17.5. The Bertz CT molecular complexity index is 469. The minimum atomic E-state index is -2.34. The fourth-order valence-electron chi connectivity index (χ4n) is 3.24. The van der Waals surface area contributed by atoms with Gasteiger partial charge in [0, 0.05) is 26.2 Å². The largest absolute Gasteiger partial charge is 0.325 e. The molecular weight excluding hydrogens is 328 g/mol. The van der Waals surface area contributed by atoms with E-state index in [-0.39, 0.29) is 29.4 Å². The molecule has 7 nitrogen and oxygen atoms in total. The summed E-state index contributed by atoms with van der Waals surface area (Å²) in [4.78, 5) is 16.0. The Labute approximate surface area is 134 Å². The molecule has 0 saturated carbocycles. The van der Waals surface area contributed by atoms with Crippen LogP contribution in [0.2, 0.25) is 0 Å². The summed E-state index contributed by atoms with van der Waals surface area (Å²) in [5.41, 5.74) is 0. The zero-order chi connectivity index (χ0) is 16.1. The lowest BCUT2D eigenvalue weighted by atomic mass is 9.98. The van der Waals surface area contributed by atoms with Gasteiger partial charge in [-0.1, -0.05) is 0 Å². The SMILES string of the molecule is O=C(N1CCC(C[SH](=O)=O)CC1)N1CCC(C[SH](=O)=O)CC1. The van der Waals surface area contributed by atoms with Gasteiger partial charge in [0.15, 0.2) is 0 Å². The van der Waals surface area contributed by atoms with Crippen LogP contribution in [-0.4, -0.2) is 70.4 Å². The number of carbonyl (C=O) groups excluding carboxylic acids is 1. The Morgan fingerprint density at radius 3 is 1.32 bits per heavy atom. The second-order valence-electron chi connectivity index (χ2n) is 6.17. The molecule has 2 amide bonds. The van der Waals surface area contributed by atoms with Crippen molar-refractivity contribution in [1.82, 2.24) is 9.80 Å². The molecule has 0 N–H and O–H groups in total. The Morgan fingerprint density at radius 2 is 1.05 bits per heavy atom. The molecule has 2 saturated heterocycles. The number of thiol groups is 2. The third kappa shape index (κ3) is 5.12. The van der Waals surface area contributed by atoms with E-state index in [0.29, 0.717) is 26.2 Å². The summed E-state index contributed by atoms with van der Waals surface area (Å²) in [6, 6.07) is 0.00919. The van der Waals surface area contributed by atoms with Crippen molar-refractivity contribution >= 4 is 27.4 Å². The molecule has 0 radical (unpaired) electrons. The first-order chi connectivity index (χ1) is 10.5. The lowest BCUT2D eigenvalue weighted by Gasteiger charge is -2.38. The summed E-state index contributed by atoms with van der Waals surface area (Å²) in [6.45, 7) is 2.44. The van der Waals surface area contributed by atoms with E-state index in [4.69, 9.17) is 0 Å². The van der Waals surface area contributed by atoms with E-state index in [0.717, 1.165) is 25.7 Å². The third-order valence-electron chi connectivity index (χ3n) is 4.58. The number of rotatable bonds is 4. The standard InChI is InChI=1S/C13H24N2O5S2/c16-13(14-5-1-11(2-6-14)9-21(17)18)15-7-3-12(4-8-15)10-22(19)20/h11-12,21-22H,1-10H2. The molecule has 0 aromatic rings. The maximum Gasteiger partial charge on any atom is 0.319 e. The summed E-state index contributed by atoms with van der Waals surface area (Å²) in [6.07, 6.45) is 2.95. The highest BCUT2D eigenvalue weighted by molar-refractivity contribution is 7.72. The van der Waals surface area contributed by atoms with Crippen molar-refractivity contribution in [1.29, 1.82) is 0 Å². The van der Waals surface area contributed by atoms with Gasteiger partial charge in [0.1, 0.15) is 21.4 Å². The predicted molar refractivity (Wildman–Crippen MR) is 84.4 cm³/mol. The van der Waals surface area contributed by atoms with Crippen LogP contribution in [0.15, 0.2) is 0 Å². The molecule has 0 atom stereocenters. The molecular formula is C13H24N2O5S2. The summed E-state index contributed by atoms with van der Waals surface area (Å²) in [7, 11) is -4.68. The van der Waals surface area contributed by atoms with Crippen LogP contribution in [-0.2, 0) is 21.4 Å². The second-order valence-corrected chi connectivity index (χ2v) is 8.24. The molecule has 0 unspecified atom stereocenters. The normalized spacial score (nSPS) is 21.7. The zero-order valence-electron chi connectivity index (χ0n) is 12.6. The van der Waals surface area contributed by atoms with E-state index in [1.807, 2.05) is 0 Å². The van der Waals surface area contributed by atoms with Gasteiger partial charge >= 0.3 is 6.03 Å². The van der Waals surface area contributed by atoms with Gasteiger partial charge in [0.05, 0.1) is 11.5 Å². The van der Waals surface area contributed by atoms with Crippen molar-refractivity contribution in [2.24, 2.45) is 11.8 Å². The highest BCUT2D eigenvalue weighted by atomic mass is 32.2. The number of hydrogen-bond donors (Lipinski definition) is 2. The summed E-state index contributed by atoms with van der Waals surface area (Å²) >= 11 is 0. The predicted octanol–water partition coefficient (Wildman–Crippen LogP) is -0.247. The van der Waals surface area contributed by atoms with E-state index in [1.165, 1.54) is 0 Å². The van der Waals surface area contributed by atoms with E-state index >= 15 is 0 Å². The van der Waals surface area contributed by atoms with Gasteiger partial charge in [-0.15, -0.1) is 0 Å². The van der Waals surface area contributed by atoms with Crippen molar-refractivity contribution in [2.75, 3.05) is 37.7 Å². The first-order valence-corrected chi connectivity index (χ1v) is 10.5. The van der Waals surface area contributed by atoms with E-state index in [2.05, 4.69) is 0 Å². The van der Waals surface area contributed by atoms with Gasteiger partial charge in [-0.25, -0.2) is 21.6 Å². The van der Waals surface area contributed by atoms with Crippen LogP contribution in [0.1, 0.15) is 25.7 Å². The monoisotopic (exact) mass is 352 g/mol. The molecule has 2 fully saturated rings. The average Bonchev–Trinajstić information content (AvgIpc) is 2.47. The van der Waals surface area contributed by atoms with Gasteiger partial charge in [-0.05, 0) is 37.5 Å². The number of likely N-dealkylation sites (tertiary alicyclic amines) is 2. The molecule has 2 rings (SSSR count). The van der Waals surface area contributed by atoms with Crippen LogP contribution in [0.25, 0.3) is 0 Å². The van der Waals surface area contributed by atoms with E-state index < -0.39 is 21.4 Å². The quantitative estimate of drug-likeness (QED) is 0.681. The summed E-state index contributed by atoms with van der Waals surface area (Å²) < 4.78 is 43.0. The van der Waals surface area contributed by atoms with Crippen LogP contribution in [0.4, 0.5) is 4.79 Å². The van der Waals surface area contributed by atoms with Crippen molar-refractivity contribution < 1.29 is 21.6 Å². The molecule has 2 heterocycles. The fourth-order valence-corrected chi connectivity index (χ4v) is 4.81. The number of amides is 2. The Morgan fingerprint density at radius 1 is 0.727 bits per heavy atom. The van der Waals surface area contributed by atoms with Crippen molar-refractivity contribution in [3.8, 4) is 0 Å². The minimum Gasteiger partial charge on any atom is -0.325 e. The smallest absolute Gasteiger partial charge is 0.319 e. The summed E-state index contributed by atoms with van der Waals surface area (Å²) in [5, 5.41) is 0. The molecule has 0 aromatic heterocycles. The highest BCUT2D eigenvalue weighted by Crippen LogP contribution is 2.22. The Balaban J connectivity index is 1.76. The first-order valence-electron chi connectivity index (χ1n) is 7.73. The van der Waals surface area contributed by atoms with Crippen LogP contribution in [0.3, 0.4) is 0 Å². The van der Waals surface area contributed by atoms with Crippen LogP contribution < -0.4 is 0 Å². The topological polar surface area (TPSA) is 91.8 Å². The number of nitrogens with zero attached hydrogens (tertiary/aromatic N) is 2. The zero-order valence-corrected chi connectivity index (χ0v) is 14.3. The van der Waals surface area contributed by atoms with Gasteiger partial charge in [-0.3, -0.25) is 0 Å². The maximum atomic E-state index is 12.4. The molecule has 22 heavy (non-hydrogen) atoms. The molecule has 9 heteroatoms. The molecule has 2 aliphatic rings. The fraction of sp³-hybridized carbons (Fsp3) is 0.923. The molecule has 0 aliphatic carbocycles. The second kappa shape index (κ2) is 8.14. The van der Waals surface area contributed by atoms with Crippen LogP contribution >= 0.6 is 0 Å². The third-order valence-corrected chi connectivity index (χ3v) is 6.21. The van der Waals surface area contributed by atoms with Gasteiger partial charge in [0.25, 0.3) is 0 Å². The van der Waals surface area contributed by atoms with Gasteiger partial charge < -0.3 is 9.80 Å². The average molecular weight is 352 g/mol. The summed E-state index contributed by atoms with van der Waals surface area (Å²) in [5.74, 6) is 0.778. The van der Waals surface area contributed by atoms with Crippen molar-refractivity contribution in [2.45, 2.75) is 25.7 Å². The Kier molecular flexibility index (Phi) is 6.49. The van der Waals surface area contributed by atoms with E-state index in [1.54, 1.807) is 9.80 Å². The Hall–Kier alpha value is -0.830. The highest BCUT2D eigenvalue weighted by Gasteiger charge is 2.29. The van der Waals surface area contributed by atoms with Crippen molar-refractivity contribution in [3.63, 3.8) is 0 Å². The lowest BCUT2D eigenvalue weighted by Crippen LogP contribution is -2.49. The number of piperidine rings is 2.